The van der Waals surface area contributed by atoms with Crippen LogP contribution >= 0.6 is 0 Å². The summed E-state index contributed by atoms with van der Waals surface area (Å²) in [4.78, 5) is 0. The highest BCUT2D eigenvalue weighted by atomic mass is 32.2. The SMILES string of the molecule is CN(CCCCCO)S(=O)(=O)c1ccn[nH]1. The van der Waals surface area contributed by atoms with Crippen LogP contribution in [-0.2, 0) is 10.0 Å². The lowest BCUT2D eigenvalue weighted by Crippen LogP contribution is -2.28. The standard InChI is InChI=1S/C9H17N3O3S/c1-12(7-3-2-4-8-13)16(14,15)9-5-6-10-11-9/h5-6,13H,2-4,7-8H2,1H3,(H,10,11). The third kappa shape index (κ3) is 3.29. The number of aromatic nitrogens is 2. The van der Waals surface area contributed by atoms with Crippen molar-refractivity contribution in [3.8, 4) is 0 Å². The molecule has 0 aliphatic rings. The number of hydrogen-bond acceptors (Lipinski definition) is 4. The van der Waals surface area contributed by atoms with Gasteiger partial charge in [0.2, 0.25) is 0 Å². The molecule has 0 radical (unpaired) electrons. The van der Waals surface area contributed by atoms with Gasteiger partial charge in [-0.1, -0.05) is 0 Å². The Kier molecular flexibility index (Phi) is 4.91. The smallest absolute Gasteiger partial charge is 0.259 e. The number of aliphatic hydroxyl groups is 1. The Balaban J connectivity index is 2.50. The first kappa shape index (κ1) is 13.1. The van der Waals surface area contributed by atoms with Crippen molar-refractivity contribution in [1.29, 1.82) is 0 Å². The van der Waals surface area contributed by atoms with E-state index in [1.165, 1.54) is 23.6 Å². The normalized spacial score (nSPS) is 12.2. The molecular formula is C9H17N3O3S. The molecule has 1 aromatic heterocycles. The van der Waals surface area contributed by atoms with Crippen LogP contribution in [0.25, 0.3) is 0 Å². The van der Waals surface area contributed by atoms with Crippen molar-refractivity contribution >= 4 is 10.0 Å². The van der Waals surface area contributed by atoms with E-state index >= 15 is 0 Å². The van der Waals surface area contributed by atoms with Crippen molar-refractivity contribution in [1.82, 2.24) is 14.5 Å². The summed E-state index contributed by atoms with van der Waals surface area (Å²) in [6.45, 7) is 0.596. The van der Waals surface area contributed by atoms with Crippen LogP contribution in [0.2, 0.25) is 0 Å². The fourth-order valence-corrected chi connectivity index (χ4v) is 2.40. The molecule has 0 aliphatic heterocycles. The number of aromatic amines is 1. The highest BCUT2D eigenvalue weighted by Crippen LogP contribution is 2.11. The molecule has 0 unspecified atom stereocenters. The molecule has 0 saturated carbocycles. The number of H-pyrrole nitrogens is 1. The van der Waals surface area contributed by atoms with E-state index in [4.69, 9.17) is 5.11 Å². The fraction of sp³-hybridized carbons (Fsp3) is 0.667. The summed E-state index contributed by atoms with van der Waals surface area (Å²) in [6, 6.07) is 1.43. The molecule has 0 fully saturated rings. The fourth-order valence-electron chi connectivity index (χ4n) is 1.30. The molecule has 0 aliphatic carbocycles. The Labute approximate surface area is 95.3 Å². The van der Waals surface area contributed by atoms with Crippen LogP contribution in [0.15, 0.2) is 17.3 Å². The number of nitrogens with zero attached hydrogens (tertiary/aromatic N) is 2. The van der Waals surface area contributed by atoms with Gasteiger partial charge in [-0.05, 0) is 25.3 Å². The monoisotopic (exact) mass is 247 g/mol. The molecule has 1 heterocycles. The van der Waals surface area contributed by atoms with Crippen LogP contribution in [0.4, 0.5) is 0 Å². The molecule has 1 aromatic rings. The Morgan fingerprint density at radius 1 is 1.44 bits per heavy atom. The molecule has 2 N–H and O–H groups in total. The highest BCUT2D eigenvalue weighted by molar-refractivity contribution is 7.89. The molecule has 6 nitrogen and oxygen atoms in total. The van der Waals surface area contributed by atoms with Crippen LogP contribution in [0.3, 0.4) is 0 Å². The van der Waals surface area contributed by atoms with Crippen LogP contribution in [0, 0.1) is 0 Å². The predicted octanol–water partition coefficient (Wildman–Crippen LogP) is 0.193. The molecule has 0 amide bonds. The largest absolute Gasteiger partial charge is 0.396 e. The van der Waals surface area contributed by atoms with Gasteiger partial charge in [0, 0.05) is 20.2 Å². The van der Waals surface area contributed by atoms with Gasteiger partial charge in [-0.2, -0.15) is 9.40 Å². The first-order chi connectivity index (χ1) is 7.59. The van der Waals surface area contributed by atoms with Gasteiger partial charge in [0.05, 0.1) is 6.20 Å². The molecule has 92 valence electrons. The van der Waals surface area contributed by atoms with Gasteiger partial charge >= 0.3 is 0 Å². The summed E-state index contributed by atoms with van der Waals surface area (Å²) in [5.74, 6) is 0. The number of hydrogen-bond donors (Lipinski definition) is 2. The van der Waals surface area contributed by atoms with Crippen LogP contribution in [0.1, 0.15) is 19.3 Å². The Bertz CT molecular complexity index is 388. The van der Waals surface area contributed by atoms with Crippen LogP contribution in [0.5, 0.6) is 0 Å². The summed E-state index contributed by atoms with van der Waals surface area (Å²) >= 11 is 0. The van der Waals surface area contributed by atoms with E-state index in [0.29, 0.717) is 13.0 Å². The minimum atomic E-state index is -3.43. The lowest BCUT2D eigenvalue weighted by molar-refractivity contribution is 0.281. The van der Waals surface area contributed by atoms with Gasteiger partial charge < -0.3 is 5.11 Å². The number of unbranched alkanes of at least 4 members (excludes halogenated alkanes) is 2. The van der Waals surface area contributed by atoms with Crippen molar-refractivity contribution < 1.29 is 13.5 Å². The van der Waals surface area contributed by atoms with Gasteiger partial charge in [0.15, 0.2) is 5.03 Å². The maximum Gasteiger partial charge on any atom is 0.259 e. The minimum Gasteiger partial charge on any atom is -0.396 e. The van der Waals surface area contributed by atoms with Crippen LogP contribution in [-0.4, -0.2) is 48.2 Å². The molecule has 0 aromatic carbocycles. The lowest BCUT2D eigenvalue weighted by atomic mass is 10.2. The van der Waals surface area contributed by atoms with Gasteiger partial charge in [-0.15, -0.1) is 0 Å². The molecule has 16 heavy (non-hydrogen) atoms. The summed E-state index contributed by atoms with van der Waals surface area (Å²) in [5, 5.41) is 14.8. The summed E-state index contributed by atoms with van der Waals surface area (Å²) in [6.07, 6.45) is 3.67. The average molecular weight is 247 g/mol. The Morgan fingerprint density at radius 2 is 2.19 bits per heavy atom. The minimum absolute atomic E-state index is 0.108. The number of aliphatic hydroxyl groups excluding tert-OH is 1. The number of sulfonamides is 1. The third-order valence-electron chi connectivity index (χ3n) is 2.29. The topological polar surface area (TPSA) is 86.3 Å². The zero-order valence-electron chi connectivity index (χ0n) is 9.26. The lowest BCUT2D eigenvalue weighted by Gasteiger charge is -2.15. The average Bonchev–Trinajstić information content (AvgIpc) is 2.77. The van der Waals surface area contributed by atoms with E-state index in [1.54, 1.807) is 0 Å². The zero-order chi connectivity index (χ0) is 12.0. The first-order valence-corrected chi connectivity index (χ1v) is 6.59. The van der Waals surface area contributed by atoms with Gasteiger partial charge in [-0.3, -0.25) is 5.10 Å². The van der Waals surface area contributed by atoms with Crippen molar-refractivity contribution in [2.24, 2.45) is 0 Å². The van der Waals surface area contributed by atoms with Crippen molar-refractivity contribution in [2.45, 2.75) is 24.3 Å². The molecule has 0 bridgehead atoms. The van der Waals surface area contributed by atoms with Crippen molar-refractivity contribution in [2.75, 3.05) is 20.2 Å². The molecule has 0 saturated heterocycles. The van der Waals surface area contributed by atoms with E-state index in [9.17, 15) is 8.42 Å². The van der Waals surface area contributed by atoms with Gasteiger partial charge in [-0.25, -0.2) is 8.42 Å². The van der Waals surface area contributed by atoms with E-state index in [2.05, 4.69) is 10.2 Å². The number of rotatable bonds is 7. The second kappa shape index (κ2) is 5.97. The van der Waals surface area contributed by atoms with E-state index in [0.717, 1.165) is 12.8 Å². The summed E-state index contributed by atoms with van der Waals surface area (Å²) in [7, 11) is -1.89. The zero-order valence-corrected chi connectivity index (χ0v) is 10.1. The van der Waals surface area contributed by atoms with E-state index < -0.39 is 10.0 Å². The van der Waals surface area contributed by atoms with Crippen molar-refractivity contribution in [3.63, 3.8) is 0 Å². The van der Waals surface area contributed by atoms with Gasteiger partial charge in [0.1, 0.15) is 0 Å². The molecule has 0 spiro atoms. The molecule has 0 atom stereocenters. The van der Waals surface area contributed by atoms with Crippen molar-refractivity contribution in [3.05, 3.63) is 12.3 Å². The quantitative estimate of drug-likeness (QED) is 0.674. The summed E-state index contributed by atoms with van der Waals surface area (Å²) in [5.41, 5.74) is 0. The first-order valence-electron chi connectivity index (χ1n) is 5.15. The second-order valence-corrected chi connectivity index (χ2v) is 5.55. The Hall–Kier alpha value is -0.920. The second-order valence-electron chi connectivity index (χ2n) is 3.53. The maximum atomic E-state index is 11.9. The highest BCUT2D eigenvalue weighted by Gasteiger charge is 2.21. The van der Waals surface area contributed by atoms with E-state index in [-0.39, 0.29) is 11.6 Å². The Morgan fingerprint density at radius 3 is 2.75 bits per heavy atom. The summed E-state index contributed by atoms with van der Waals surface area (Å²) < 4.78 is 25.0. The maximum absolute atomic E-state index is 11.9. The van der Waals surface area contributed by atoms with Crippen LogP contribution < -0.4 is 0 Å². The van der Waals surface area contributed by atoms with Gasteiger partial charge in [0.25, 0.3) is 10.0 Å². The number of nitrogens with one attached hydrogen (secondary N) is 1. The third-order valence-corrected chi connectivity index (χ3v) is 4.08. The predicted molar refractivity (Wildman–Crippen MR) is 59.3 cm³/mol. The van der Waals surface area contributed by atoms with E-state index in [1.807, 2.05) is 0 Å². The molecule has 1 rings (SSSR count). The molecular weight excluding hydrogens is 230 g/mol. The molecule has 7 heteroatoms.